The first-order chi connectivity index (χ1) is 9.65. The molecule has 1 heterocycles. The van der Waals surface area contributed by atoms with Crippen molar-refractivity contribution in [1.29, 1.82) is 0 Å². The van der Waals surface area contributed by atoms with Crippen molar-refractivity contribution in [3.8, 4) is 5.75 Å². The summed E-state index contributed by atoms with van der Waals surface area (Å²) < 4.78 is 6.43. The lowest BCUT2D eigenvalue weighted by atomic mass is 10.3. The van der Waals surface area contributed by atoms with E-state index in [1.165, 1.54) is 0 Å². The van der Waals surface area contributed by atoms with Gasteiger partial charge in [0, 0.05) is 9.35 Å². The molecule has 0 aliphatic carbocycles. The Morgan fingerprint density at radius 1 is 1.45 bits per heavy atom. The third-order valence-corrected chi connectivity index (χ3v) is 3.69. The number of benzene rings is 1. The highest BCUT2D eigenvalue weighted by atomic mass is 79.9. The number of hydrogen-bond donors (Lipinski definition) is 1. The number of thiophene rings is 1. The SMILES string of the molecule is CC(Oc1cccc(Br)c1)C(=O)NN=Cc1cccs1. The van der Waals surface area contributed by atoms with Crippen LogP contribution in [0.1, 0.15) is 11.8 Å². The van der Waals surface area contributed by atoms with Crippen LogP contribution >= 0.6 is 27.3 Å². The quantitative estimate of drug-likeness (QED) is 0.661. The topological polar surface area (TPSA) is 50.7 Å². The number of rotatable bonds is 5. The Kier molecular flexibility index (Phi) is 5.31. The monoisotopic (exact) mass is 352 g/mol. The van der Waals surface area contributed by atoms with Crippen LogP contribution in [0.3, 0.4) is 0 Å². The predicted octanol–water partition coefficient (Wildman–Crippen LogP) is 3.43. The van der Waals surface area contributed by atoms with Gasteiger partial charge in [-0.25, -0.2) is 5.43 Å². The molecule has 0 aliphatic rings. The molecule has 1 aromatic heterocycles. The van der Waals surface area contributed by atoms with Gasteiger partial charge in [-0.1, -0.05) is 28.1 Å². The molecular formula is C14H13BrN2O2S. The van der Waals surface area contributed by atoms with E-state index in [-0.39, 0.29) is 5.91 Å². The van der Waals surface area contributed by atoms with Crippen LogP contribution in [-0.2, 0) is 4.79 Å². The number of nitrogens with zero attached hydrogens (tertiary/aromatic N) is 1. The summed E-state index contributed by atoms with van der Waals surface area (Å²) in [5.74, 6) is 0.335. The number of amides is 1. The van der Waals surface area contributed by atoms with Gasteiger partial charge < -0.3 is 4.74 Å². The van der Waals surface area contributed by atoms with Crippen molar-refractivity contribution in [2.75, 3.05) is 0 Å². The second-order valence-corrected chi connectivity index (χ2v) is 5.86. The molecule has 104 valence electrons. The number of halogens is 1. The third kappa shape index (κ3) is 4.47. The molecule has 0 saturated heterocycles. The van der Waals surface area contributed by atoms with Crippen LogP contribution in [0.25, 0.3) is 0 Å². The first-order valence-corrected chi connectivity index (χ1v) is 7.61. The number of carbonyl (C=O) groups excluding carboxylic acids is 1. The maximum absolute atomic E-state index is 11.8. The molecule has 0 radical (unpaired) electrons. The molecule has 4 nitrogen and oxygen atoms in total. The summed E-state index contributed by atoms with van der Waals surface area (Å²) in [6.45, 7) is 1.68. The fourth-order valence-corrected chi connectivity index (χ4v) is 2.38. The molecule has 1 N–H and O–H groups in total. The number of carbonyl (C=O) groups is 1. The number of ether oxygens (including phenoxy) is 1. The molecule has 0 bridgehead atoms. The molecule has 20 heavy (non-hydrogen) atoms. The molecule has 1 atom stereocenters. The molecule has 0 aliphatic heterocycles. The zero-order valence-corrected chi connectivity index (χ0v) is 13.1. The van der Waals surface area contributed by atoms with E-state index in [0.29, 0.717) is 5.75 Å². The average molecular weight is 353 g/mol. The fourth-order valence-electron chi connectivity index (χ4n) is 1.41. The lowest BCUT2D eigenvalue weighted by Crippen LogP contribution is -2.33. The van der Waals surface area contributed by atoms with Crippen molar-refractivity contribution in [3.63, 3.8) is 0 Å². The molecule has 2 aromatic rings. The maximum atomic E-state index is 11.8. The summed E-state index contributed by atoms with van der Waals surface area (Å²) in [7, 11) is 0. The molecule has 1 aromatic carbocycles. The molecule has 0 spiro atoms. The van der Waals surface area contributed by atoms with Crippen LogP contribution < -0.4 is 10.2 Å². The van der Waals surface area contributed by atoms with Crippen molar-refractivity contribution in [1.82, 2.24) is 5.43 Å². The molecule has 1 unspecified atom stereocenters. The Morgan fingerprint density at radius 2 is 2.30 bits per heavy atom. The van der Waals surface area contributed by atoms with Gasteiger partial charge in [0.05, 0.1) is 6.21 Å². The summed E-state index contributed by atoms with van der Waals surface area (Å²) in [5.41, 5.74) is 2.46. The molecular weight excluding hydrogens is 340 g/mol. The Morgan fingerprint density at radius 3 is 3.00 bits per heavy atom. The van der Waals surface area contributed by atoms with E-state index in [0.717, 1.165) is 9.35 Å². The zero-order valence-electron chi connectivity index (χ0n) is 10.7. The van der Waals surface area contributed by atoms with Crippen molar-refractivity contribution >= 4 is 39.4 Å². The van der Waals surface area contributed by atoms with Gasteiger partial charge >= 0.3 is 0 Å². The second kappa shape index (κ2) is 7.21. The van der Waals surface area contributed by atoms with Crippen LogP contribution in [0.15, 0.2) is 51.4 Å². The fraction of sp³-hybridized carbons (Fsp3) is 0.143. The van der Waals surface area contributed by atoms with Gasteiger partial charge in [-0.05, 0) is 36.6 Å². The van der Waals surface area contributed by atoms with E-state index < -0.39 is 6.10 Å². The van der Waals surface area contributed by atoms with Crippen LogP contribution in [0.4, 0.5) is 0 Å². The number of nitrogens with one attached hydrogen (secondary N) is 1. The summed E-state index contributed by atoms with van der Waals surface area (Å²) in [5, 5.41) is 5.84. The Hall–Kier alpha value is -1.66. The minimum absolute atomic E-state index is 0.294. The normalized spacial score (nSPS) is 12.3. The summed E-state index contributed by atoms with van der Waals surface area (Å²) in [4.78, 5) is 12.8. The minimum Gasteiger partial charge on any atom is -0.481 e. The Bertz CT molecular complexity index is 599. The lowest BCUT2D eigenvalue weighted by Gasteiger charge is -2.12. The van der Waals surface area contributed by atoms with Crippen LogP contribution in [0.2, 0.25) is 0 Å². The molecule has 2 rings (SSSR count). The summed E-state index contributed by atoms with van der Waals surface area (Å²) in [6.07, 6.45) is 0.985. The van der Waals surface area contributed by atoms with Gasteiger partial charge in [0.15, 0.2) is 6.10 Å². The highest BCUT2D eigenvalue weighted by Crippen LogP contribution is 2.18. The summed E-state index contributed by atoms with van der Waals surface area (Å²) in [6, 6.07) is 11.2. The highest BCUT2D eigenvalue weighted by Gasteiger charge is 2.13. The van der Waals surface area contributed by atoms with Gasteiger partial charge in [0.2, 0.25) is 0 Å². The van der Waals surface area contributed by atoms with E-state index in [4.69, 9.17) is 4.74 Å². The number of hydrogen-bond acceptors (Lipinski definition) is 4. The summed E-state index contributed by atoms with van der Waals surface area (Å²) >= 11 is 4.90. The Labute approximate surface area is 129 Å². The largest absolute Gasteiger partial charge is 0.481 e. The van der Waals surface area contributed by atoms with Gasteiger partial charge in [-0.2, -0.15) is 5.10 Å². The first-order valence-electron chi connectivity index (χ1n) is 5.94. The van der Waals surface area contributed by atoms with E-state index >= 15 is 0 Å². The van der Waals surface area contributed by atoms with Crippen molar-refractivity contribution in [2.24, 2.45) is 5.10 Å². The second-order valence-electron chi connectivity index (χ2n) is 3.97. The van der Waals surface area contributed by atoms with Crippen LogP contribution in [0.5, 0.6) is 5.75 Å². The molecule has 1 amide bonds. The van der Waals surface area contributed by atoms with E-state index in [1.54, 1.807) is 36.6 Å². The van der Waals surface area contributed by atoms with E-state index in [9.17, 15) is 4.79 Å². The van der Waals surface area contributed by atoms with Gasteiger partial charge in [0.25, 0.3) is 5.91 Å². The molecule has 6 heteroatoms. The maximum Gasteiger partial charge on any atom is 0.280 e. The van der Waals surface area contributed by atoms with Crippen LogP contribution in [-0.4, -0.2) is 18.2 Å². The van der Waals surface area contributed by atoms with Gasteiger partial charge in [-0.3, -0.25) is 4.79 Å². The van der Waals surface area contributed by atoms with Gasteiger partial charge in [-0.15, -0.1) is 11.3 Å². The van der Waals surface area contributed by atoms with Crippen LogP contribution in [0, 0.1) is 0 Å². The highest BCUT2D eigenvalue weighted by molar-refractivity contribution is 9.10. The number of hydrazone groups is 1. The smallest absolute Gasteiger partial charge is 0.280 e. The molecule has 0 saturated carbocycles. The minimum atomic E-state index is -0.621. The first kappa shape index (κ1) is 14.7. The van der Waals surface area contributed by atoms with Gasteiger partial charge in [0.1, 0.15) is 5.75 Å². The molecule has 0 fully saturated rings. The van der Waals surface area contributed by atoms with Crippen molar-refractivity contribution < 1.29 is 9.53 Å². The zero-order chi connectivity index (χ0) is 14.4. The standard InChI is InChI=1S/C14H13BrN2O2S/c1-10(19-12-5-2-4-11(15)8-12)14(18)17-16-9-13-6-3-7-20-13/h2-10H,1H3,(H,17,18). The van der Waals surface area contributed by atoms with Crippen molar-refractivity contribution in [3.05, 3.63) is 51.1 Å². The van der Waals surface area contributed by atoms with Crippen molar-refractivity contribution in [2.45, 2.75) is 13.0 Å². The lowest BCUT2D eigenvalue weighted by molar-refractivity contribution is -0.127. The predicted molar refractivity (Wildman–Crippen MR) is 84.3 cm³/mol. The average Bonchev–Trinajstić information content (AvgIpc) is 2.91. The Balaban J connectivity index is 1.86. The third-order valence-electron chi connectivity index (χ3n) is 2.39. The van der Waals surface area contributed by atoms with E-state index in [1.807, 2.05) is 29.6 Å². The van der Waals surface area contributed by atoms with E-state index in [2.05, 4.69) is 26.5 Å².